The first-order chi connectivity index (χ1) is 26.5. The Balaban J connectivity index is 4.36. The number of ether oxygens (including phenoxy) is 3. The van der Waals surface area contributed by atoms with Crippen LogP contribution in [0.1, 0.15) is 233 Å². The summed E-state index contributed by atoms with van der Waals surface area (Å²) in [6, 6.07) is 0. The van der Waals surface area contributed by atoms with Crippen molar-refractivity contribution in [2.75, 3.05) is 13.2 Å². The van der Waals surface area contributed by atoms with Crippen molar-refractivity contribution in [1.82, 2.24) is 0 Å². The van der Waals surface area contributed by atoms with Gasteiger partial charge in [-0.25, -0.2) is 0 Å². The third kappa shape index (κ3) is 40.8. The first-order valence-electron chi connectivity index (χ1n) is 23.0. The molecule has 0 aliphatic rings. The molecule has 0 fully saturated rings. The molecule has 1 unspecified atom stereocenters. The van der Waals surface area contributed by atoms with Gasteiger partial charge < -0.3 is 14.2 Å². The number of hydrogen-bond acceptors (Lipinski definition) is 6. The maximum absolute atomic E-state index is 12.7. The lowest BCUT2D eigenvalue weighted by molar-refractivity contribution is -0.167. The Bertz CT molecular complexity index is 922. The van der Waals surface area contributed by atoms with E-state index >= 15 is 0 Å². The molecule has 0 N–H and O–H groups in total. The summed E-state index contributed by atoms with van der Waals surface area (Å²) in [4.78, 5) is 37.7. The summed E-state index contributed by atoms with van der Waals surface area (Å²) < 4.78 is 16.7. The molecule has 0 aliphatic heterocycles. The minimum atomic E-state index is -0.771. The SMILES string of the molecule is CC/C=C\C/C=C\C/C=C\CCCCCCCC(=O)OCC(COC(=O)CCCCCCCCCCC)OC(=O)CCCCCCCCCCCCCC. The second kappa shape index (κ2) is 43.4. The summed E-state index contributed by atoms with van der Waals surface area (Å²) in [6.45, 7) is 6.49. The third-order valence-electron chi connectivity index (χ3n) is 9.91. The van der Waals surface area contributed by atoms with Crippen molar-refractivity contribution in [1.29, 1.82) is 0 Å². The van der Waals surface area contributed by atoms with Gasteiger partial charge in [-0.3, -0.25) is 14.4 Å². The molecule has 54 heavy (non-hydrogen) atoms. The molecule has 0 bridgehead atoms. The molecule has 0 amide bonds. The lowest BCUT2D eigenvalue weighted by Gasteiger charge is -2.18. The van der Waals surface area contributed by atoms with E-state index in [1.807, 2.05) is 0 Å². The fraction of sp³-hybridized carbons (Fsp3) is 0.812. The van der Waals surface area contributed by atoms with E-state index in [1.165, 1.54) is 96.3 Å². The summed E-state index contributed by atoms with van der Waals surface area (Å²) in [5.74, 6) is -0.891. The molecule has 0 aromatic rings. The molecule has 6 heteroatoms. The highest BCUT2D eigenvalue weighted by Crippen LogP contribution is 2.15. The van der Waals surface area contributed by atoms with Crippen LogP contribution in [0.25, 0.3) is 0 Å². The van der Waals surface area contributed by atoms with Gasteiger partial charge in [-0.1, -0.05) is 198 Å². The van der Waals surface area contributed by atoms with Crippen LogP contribution < -0.4 is 0 Å². The zero-order valence-electron chi connectivity index (χ0n) is 35.7. The molecule has 0 rings (SSSR count). The number of hydrogen-bond donors (Lipinski definition) is 0. The number of rotatable bonds is 41. The minimum Gasteiger partial charge on any atom is -0.462 e. The van der Waals surface area contributed by atoms with Gasteiger partial charge in [-0.2, -0.15) is 0 Å². The van der Waals surface area contributed by atoms with E-state index in [1.54, 1.807) is 0 Å². The number of carbonyl (C=O) groups excluding carboxylic acids is 3. The molecule has 0 heterocycles. The maximum atomic E-state index is 12.7. The second-order valence-electron chi connectivity index (χ2n) is 15.3. The number of allylic oxidation sites excluding steroid dienone is 6. The molecule has 0 aliphatic carbocycles. The van der Waals surface area contributed by atoms with E-state index in [-0.39, 0.29) is 31.1 Å². The van der Waals surface area contributed by atoms with Gasteiger partial charge in [0.05, 0.1) is 0 Å². The van der Waals surface area contributed by atoms with Crippen LogP contribution in [0.4, 0.5) is 0 Å². The fourth-order valence-electron chi connectivity index (χ4n) is 6.46. The Labute approximate surface area is 334 Å². The van der Waals surface area contributed by atoms with Gasteiger partial charge in [0.1, 0.15) is 13.2 Å². The zero-order valence-corrected chi connectivity index (χ0v) is 35.7. The monoisotopic (exact) mass is 759 g/mol. The van der Waals surface area contributed by atoms with Crippen LogP contribution in [-0.4, -0.2) is 37.2 Å². The molecular weight excluding hydrogens is 673 g/mol. The van der Waals surface area contributed by atoms with Crippen molar-refractivity contribution >= 4 is 17.9 Å². The number of unbranched alkanes of at least 4 members (excludes halogenated alkanes) is 24. The largest absolute Gasteiger partial charge is 0.462 e. The quantitative estimate of drug-likeness (QED) is 0.0267. The molecule has 0 saturated heterocycles. The van der Waals surface area contributed by atoms with Gasteiger partial charge in [-0.15, -0.1) is 0 Å². The normalized spacial score (nSPS) is 12.3. The highest BCUT2D eigenvalue weighted by molar-refractivity contribution is 5.71. The second-order valence-corrected chi connectivity index (χ2v) is 15.3. The van der Waals surface area contributed by atoms with Crippen molar-refractivity contribution in [3.63, 3.8) is 0 Å². The number of esters is 3. The molecule has 0 radical (unpaired) electrons. The third-order valence-corrected chi connectivity index (χ3v) is 9.91. The van der Waals surface area contributed by atoms with Crippen LogP contribution in [-0.2, 0) is 28.6 Å². The maximum Gasteiger partial charge on any atom is 0.306 e. The molecule has 1 atom stereocenters. The standard InChI is InChI=1S/C48H86O6/c1-4-7-10-13-16-19-21-23-24-25-27-29-32-35-38-41-47(50)53-44-45(43-52-46(49)40-37-34-31-28-18-15-12-9-6-3)54-48(51)42-39-36-33-30-26-22-20-17-14-11-8-5-2/h7,10,16,19,23-24,45H,4-6,8-9,11-15,17-18,20-22,25-44H2,1-3H3/b10-7-,19-16-,24-23-. The van der Waals surface area contributed by atoms with Crippen LogP contribution >= 0.6 is 0 Å². The fourth-order valence-corrected chi connectivity index (χ4v) is 6.46. The van der Waals surface area contributed by atoms with E-state index < -0.39 is 6.10 Å². The van der Waals surface area contributed by atoms with Crippen molar-refractivity contribution in [2.24, 2.45) is 0 Å². The molecule has 6 nitrogen and oxygen atoms in total. The Morgan fingerprint density at radius 1 is 0.389 bits per heavy atom. The first kappa shape index (κ1) is 51.6. The molecular formula is C48H86O6. The molecule has 0 spiro atoms. The van der Waals surface area contributed by atoms with Crippen LogP contribution in [0.3, 0.4) is 0 Å². The van der Waals surface area contributed by atoms with Crippen LogP contribution in [0.2, 0.25) is 0 Å². The average Bonchev–Trinajstić information content (AvgIpc) is 3.17. The topological polar surface area (TPSA) is 78.9 Å². The van der Waals surface area contributed by atoms with E-state index in [0.29, 0.717) is 19.3 Å². The van der Waals surface area contributed by atoms with Crippen molar-refractivity contribution in [2.45, 2.75) is 239 Å². The minimum absolute atomic E-state index is 0.0746. The predicted octanol–water partition coefficient (Wildman–Crippen LogP) is 14.6. The van der Waals surface area contributed by atoms with Crippen molar-refractivity contribution in [3.05, 3.63) is 36.5 Å². The van der Waals surface area contributed by atoms with Crippen LogP contribution in [0, 0.1) is 0 Å². The summed E-state index contributed by atoms with van der Waals surface area (Å²) in [6.07, 6.45) is 48.4. The Kier molecular flexibility index (Phi) is 41.5. The number of carbonyl (C=O) groups is 3. The Hall–Kier alpha value is -2.37. The average molecular weight is 759 g/mol. The summed E-state index contributed by atoms with van der Waals surface area (Å²) >= 11 is 0. The van der Waals surface area contributed by atoms with Gasteiger partial charge in [0.25, 0.3) is 0 Å². The lowest BCUT2D eigenvalue weighted by Crippen LogP contribution is -2.30. The molecule has 0 aromatic heterocycles. The van der Waals surface area contributed by atoms with E-state index in [0.717, 1.165) is 96.3 Å². The zero-order chi connectivity index (χ0) is 39.4. The van der Waals surface area contributed by atoms with Crippen molar-refractivity contribution < 1.29 is 28.6 Å². The van der Waals surface area contributed by atoms with Crippen LogP contribution in [0.15, 0.2) is 36.5 Å². The lowest BCUT2D eigenvalue weighted by atomic mass is 10.0. The predicted molar refractivity (Wildman–Crippen MR) is 229 cm³/mol. The van der Waals surface area contributed by atoms with E-state index in [2.05, 4.69) is 57.2 Å². The first-order valence-corrected chi connectivity index (χ1v) is 23.0. The smallest absolute Gasteiger partial charge is 0.306 e. The van der Waals surface area contributed by atoms with Gasteiger partial charge in [-0.05, 0) is 51.4 Å². The molecule has 314 valence electrons. The van der Waals surface area contributed by atoms with Gasteiger partial charge in [0, 0.05) is 19.3 Å². The van der Waals surface area contributed by atoms with E-state index in [9.17, 15) is 14.4 Å². The molecule has 0 saturated carbocycles. The van der Waals surface area contributed by atoms with E-state index in [4.69, 9.17) is 14.2 Å². The highest BCUT2D eigenvalue weighted by Gasteiger charge is 2.19. The Morgan fingerprint density at radius 2 is 0.722 bits per heavy atom. The van der Waals surface area contributed by atoms with Crippen LogP contribution in [0.5, 0.6) is 0 Å². The summed E-state index contributed by atoms with van der Waals surface area (Å²) in [5, 5.41) is 0. The van der Waals surface area contributed by atoms with Gasteiger partial charge in [0.15, 0.2) is 6.10 Å². The van der Waals surface area contributed by atoms with Gasteiger partial charge >= 0.3 is 17.9 Å². The Morgan fingerprint density at radius 3 is 1.13 bits per heavy atom. The van der Waals surface area contributed by atoms with Crippen molar-refractivity contribution in [3.8, 4) is 0 Å². The summed E-state index contributed by atoms with van der Waals surface area (Å²) in [7, 11) is 0. The summed E-state index contributed by atoms with van der Waals surface area (Å²) in [5.41, 5.74) is 0. The van der Waals surface area contributed by atoms with Gasteiger partial charge in [0.2, 0.25) is 0 Å². The highest BCUT2D eigenvalue weighted by atomic mass is 16.6. The molecule has 0 aromatic carbocycles.